The number of carbonyl (C=O) groups is 2. The molecule has 2 fully saturated rings. The molecule has 0 spiro atoms. The Bertz CT molecular complexity index is 380. The van der Waals surface area contributed by atoms with Gasteiger partial charge in [0.15, 0.2) is 0 Å². The molecule has 0 saturated carbocycles. The lowest BCUT2D eigenvalue weighted by Crippen LogP contribution is -2.53. The minimum absolute atomic E-state index is 0.00939. The molecule has 2 rings (SSSR count). The van der Waals surface area contributed by atoms with Crippen LogP contribution in [-0.2, 0) is 19.1 Å². The quantitative estimate of drug-likeness (QED) is 0.557. The number of hydrogen-bond acceptors (Lipinski definition) is 6. The summed E-state index contributed by atoms with van der Waals surface area (Å²) >= 11 is 0. The van der Waals surface area contributed by atoms with Crippen LogP contribution < -0.4 is 5.32 Å². The molecule has 0 aromatic heterocycles. The van der Waals surface area contributed by atoms with Crippen molar-refractivity contribution in [2.75, 3.05) is 85.8 Å². The number of carbonyl (C=O) groups excluding carboxylic acids is 2. The van der Waals surface area contributed by atoms with E-state index in [1.54, 1.807) is 7.11 Å². The Morgan fingerprint density at radius 1 is 1.00 bits per heavy atom. The fourth-order valence-corrected chi connectivity index (χ4v) is 2.76. The van der Waals surface area contributed by atoms with Gasteiger partial charge >= 0.3 is 0 Å². The summed E-state index contributed by atoms with van der Waals surface area (Å²) in [5.74, 6) is 0.186. The first kappa shape index (κ1) is 18.1. The van der Waals surface area contributed by atoms with Crippen LogP contribution in [0.4, 0.5) is 0 Å². The lowest BCUT2D eigenvalue weighted by molar-refractivity contribution is -0.135. The van der Waals surface area contributed by atoms with Crippen LogP contribution in [-0.4, -0.2) is 112 Å². The lowest BCUT2D eigenvalue weighted by atomic mass is 10.3. The molecule has 0 unspecified atom stereocenters. The smallest absolute Gasteiger partial charge is 0.236 e. The molecule has 0 aromatic rings. The Morgan fingerprint density at radius 2 is 1.65 bits per heavy atom. The average molecular weight is 328 g/mol. The Labute approximate surface area is 137 Å². The largest absolute Gasteiger partial charge is 0.383 e. The van der Waals surface area contributed by atoms with E-state index in [-0.39, 0.29) is 11.8 Å². The molecule has 132 valence electrons. The van der Waals surface area contributed by atoms with Crippen molar-refractivity contribution in [3.63, 3.8) is 0 Å². The highest BCUT2D eigenvalue weighted by molar-refractivity contribution is 5.79. The van der Waals surface area contributed by atoms with Gasteiger partial charge in [-0.3, -0.25) is 19.4 Å². The summed E-state index contributed by atoms with van der Waals surface area (Å²) in [5, 5.41) is 2.81. The second-order valence-corrected chi connectivity index (χ2v) is 5.89. The fourth-order valence-electron chi connectivity index (χ4n) is 2.76. The van der Waals surface area contributed by atoms with Crippen LogP contribution in [0.2, 0.25) is 0 Å². The van der Waals surface area contributed by atoms with E-state index in [9.17, 15) is 9.59 Å². The first-order chi connectivity index (χ1) is 11.2. The van der Waals surface area contributed by atoms with Gasteiger partial charge in [0.1, 0.15) is 0 Å². The molecule has 2 amide bonds. The van der Waals surface area contributed by atoms with Crippen LogP contribution in [0.3, 0.4) is 0 Å². The molecule has 2 aliphatic heterocycles. The van der Waals surface area contributed by atoms with Crippen LogP contribution in [0.1, 0.15) is 0 Å². The van der Waals surface area contributed by atoms with Gasteiger partial charge in [0, 0.05) is 52.9 Å². The first-order valence-electron chi connectivity index (χ1n) is 8.25. The molecule has 0 atom stereocenters. The summed E-state index contributed by atoms with van der Waals surface area (Å²) in [5.41, 5.74) is 0. The number of nitrogens with one attached hydrogen (secondary N) is 1. The van der Waals surface area contributed by atoms with Crippen molar-refractivity contribution in [1.29, 1.82) is 0 Å². The highest BCUT2D eigenvalue weighted by Gasteiger charge is 2.24. The number of ether oxygens (including phenoxy) is 2. The Hall–Kier alpha value is -1.22. The average Bonchev–Trinajstić information content (AvgIpc) is 2.56. The summed E-state index contributed by atoms with van der Waals surface area (Å²) in [6.45, 7) is 7.85. The minimum Gasteiger partial charge on any atom is -0.383 e. The second kappa shape index (κ2) is 9.82. The number of hydrogen-bond donors (Lipinski definition) is 1. The van der Waals surface area contributed by atoms with Crippen molar-refractivity contribution >= 4 is 11.8 Å². The van der Waals surface area contributed by atoms with Gasteiger partial charge in [-0.2, -0.15) is 0 Å². The van der Waals surface area contributed by atoms with E-state index in [1.165, 1.54) is 0 Å². The van der Waals surface area contributed by atoms with Crippen molar-refractivity contribution in [3.05, 3.63) is 0 Å². The molecule has 23 heavy (non-hydrogen) atoms. The summed E-state index contributed by atoms with van der Waals surface area (Å²) in [4.78, 5) is 30.2. The topological polar surface area (TPSA) is 74.4 Å². The summed E-state index contributed by atoms with van der Waals surface area (Å²) in [7, 11) is 1.61. The van der Waals surface area contributed by atoms with E-state index >= 15 is 0 Å². The SMILES string of the molecule is COCCNC(=O)CN1CCN(C(=O)CN2CCOCC2)CC1. The van der Waals surface area contributed by atoms with Crippen molar-refractivity contribution in [1.82, 2.24) is 20.0 Å². The predicted molar refractivity (Wildman–Crippen MR) is 85.2 cm³/mol. The highest BCUT2D eigenvalue weighted by atomic mass is 16.5. The molecule has 8 nitrogen and oxygen atoms in total. The molecule has 0 aliphatic carbocycles. The van der Waals surface area contributed by atoms with Gasteiger partial charge in [-0.1, -0.05) is 0 Å². The molecule has 0 bridgehead atoms. The maximum absolute atomic E-state index is 12.3. The normalized spacial score (nSPS) is 20.5. The molecule has 2 saturated heterocycles. The molecular weight excluding hydrogens is 300 g/mol. The van der Waals surface area contributed by atoms with Crippen LogP contribution in [0, 0.1) is 0 Å². The van der Waals surface area contributed by atoms with Crippen LogP contribution in [0.15, 0.2) is 0 Å². The molecule has 8 heteroatoms. The zero-order valence-corrected chi connectivity index (χ0v) is 14.0. The third-order valence-corrected chi connectivity index (χ3v) is 4.18. The summed E-state index contributed by atoms with van der Waals surface area (Å²) in [6, 6.07) is 0. The highest BCUT2D eigenvalue weighted by Crippen LogP contribution is 2.04. The van der Waals surface area contributed by atoms with Gasteiger partial charge in [0.25, 0.3) is 0 Å². The van der Waals surface area contributed by atoms with Gasteiger partial charge < -0.3 is 19.7 Å². The van der Waals surface area contributed by atoms with E-state index in [4.69, 9.17) is 9.47 Å². The molecular formula is C15H28N4O4. The molecule has 1 N–H and O–H groups in total. The number of morpholine rings is 1. The number of nitrogens with zero attached hydrogens (tertiary/aromatic N) is 3. The standard InChI is InChI=1S/C15H28N4O4/c1-22-9-2-16-14(20)12-17-3-5-19(6-4-17)15(21)13-18-7-10-23-11-8-18/h2-13H2,1H3,(H,16,20). The van der Waals surface area contributed by atoms with Gasteiger partial charge in [0.05, 0.1) is 32.9 Å². The first-order valence-corrected chi connectivity index (χ1v) is 8.25. The summed E-state index contributed by atoms with van der Waals surface area (Å²) < 4.78 is 10.2. The second-order valence-electron chi connectivity index (χ2n) is 5.89. The van der Waals surface area contributed by atoms with Crippen molar-refractivity contribution < 1.29 is 19.1 Å². The Kier molecular flexibility index (Phi) is 7.73. The zero-order valence-electron chi connectivity index (χ0n) is 14.0. The van der Waals surface area contributed by atoms with Gasteiger partial charge in [-0.05, 0) is 0 Å². The Balaban J connectivity index is 1.62. The monoisotopic (exact) mass is 328 g/mol. The fraction of sp³-hybridized carbons (Fsp3) is 0.867. The molecule has 0 radical (unpaired) electrons. The van der Waals surface area contributed by atoms with Crippen LogP contribution in [0.5, 0.6) is 0 Å². The number of piperazine rings is 1. The maximum atomic E-state index is 12.3. The predicted octanol–water partition coefficient (Wildman–Crippen LogP) is -1.77. The van der Waals surface area contributed by atoms with Crippen molar-refractivity contribution in [3.8, 4) is 0 Å². The Morgan fingerprint density at radius 3 is 2.30 bits per heavy atom. The number of methoxy groups -OCH3 is 1. The van der Waals surface area contributed by atoms with E-state index in [2.05, 4.69) is 15.1 Å². The zero-order chi connectivity index (χ0) is 16.5. The van der Waals surface area contributed by atoms with Crippen LogP contribution >= 0.6 is 0 Å². The van der Waals surface area contributed by atoms with Gasteiger partial charge in [-0.15, -0.1) is 0 Å². The number of amides is 2. The van der Waals surface area contributed by atoms with Crippen molar-refractivity contribution in [2.45, 2.75) is 0 Å². The maximum Gasteiger partial charge on any atom is 0.236 e. The lowest BCUT2D eigenvalue weighted by Gasteiger charge is -2.36. The third-order valence-electron chi connectivity index (χ3n) is 4.18. The van der Waals surface area contributed by atoms with E-state index in [0.29, 0.717) is 52.5 Å². The van der Waals surface area contributed by atoms with Gasteiger partial charge in [-0.25, -0.2) is 0 Å². The van der Waals surface area contributed by atoms with Gasteiger partial charge in [0.2, 0.25) is 11.8 Å². The third kappa shape index (κ3) is 6.42. The van der Waals surface area contributed by atoms with E-state index < -0.39 is 0 Å². The van der Waals surface area contributed by atoms with E-state index in [1.807, 2.05) is 4.90 Å². The summed E-state index contributed by atoms with van der Waals surface area (Å²) in [6.07, 6.45) is 0. The molecule has 2 aliphatic rings. The molecule has 2 heterocycles. The van der Waals surface area contributed by atoms with Crippen molar-refractivity contribution in [2.24, 2.45) is 0 Å². The van der Waals surface area contributed by atoms with E-state index in [0.717, 1.165) is 26.2 Å². The minimum atomic E-state index is 0.00939. The molecule has 0 aromatic carbocycles. The number of rotatable bonds is 7. The van der Waals surface area contributed by atoms with Crippen LogP contribution in [0.25, 0.3) is 0 Å².